The van der Waals surface area contributed by atoms with Gasteiger partial charge in [0.25, 0.3) is 5.56 Å². The number of rotatable bonds is 1. The molecule has 0 spiro atoms. The number of aromatic nitrogens is 2. The van der Waals surface area contributed by atoms with E-state index in [-0.39, 0.29) is 11.5 Å². The summed E-state index contributed by atoms with van der Waals surface area (Å²) in [4.78, 5) is 20.2. The molecule has 1 aliphatic heterocycles. The fourth-order valence-electron chi connectivity index (χ4n) is 1.90. The maximum absolute atomic E-state index is 11.5. The first-order valence-electron chi connectivity index (χ1n) is 4.70. The molecule has 0 bridgehead atoms. The smallest absolute Gasteiger partial charge is 0.255 e. The Kier molecular flexibility index (Phi) is 2.25. The van der Waals surface area contributed by atoms with Crippen LogP contribution < -0.4 is 11.3 Å². The van der Waals surface area contributed by atoms with Gasteiger partial charge in [0.05, 0.1) is 0 Å². The van der Waals surface area contributed by atoms with Crippen molar-refractivity contribution in [3.05, 3.63) is 22.1 Å². The molecule has 1 unspecified atom stereocenters. The summed E-state index contributed by atoms with van der Waals surface area (Å²) in [5, 5.41) is 0. The van der Waals surface area contributed by atoms with E-state index >= 15 is 0 Å². The zero-order valence-corrected chi connectivity index (χ0v) is 8.16. The second-order valence-electron chi connectivity index (χ2n) is 3.80. The van der Waals surface area contributed by atoms with Crippen molar-refractivity contribution in [2.45, 2.75) is 12.3 Å². The zero-order valence-electron chi connectivity index (χ0n) is 8.16. The van der Waals surface area contributed by atoms with Crippen molar-refractivity contribution in [3.8, 4) is 0 Å². The first-order valence-corrected chi connectivity index (χ1v) is 4.70. The van der Waals surface area contributed by atoms with Crippen LogP contribution in [0.1, 0.15) is 17.9 Å². The van der Waals surface area contributed by atoms with Gasteiger partial charge >= 0.3 is 0 Å². The standard InChI is InChI=1S/C9H14N4O/c1-13-3-2-6(5-13)7-4-11-9(10)12-8(7)14/h4,6H,2-3,5H2,1H3,(H3,10,11,12,14). The Morgan fingerprint density at radius 3 is 3.07 bits per heavy atom. The van der Waals surface area contributed by atoms with Gasteiger partial charge in [-0.3, -0.25) is 9.78 Å². The Morgan fingerprint density at radius 2 is 2.50 bits per heavy atom. The van der Waals surface area contributed by atoms with Crippen LogP contribution in [0.3, 0.4) is 0 Å². The lowest BCUT2D eigenvalue weighted by Gasteiger charge is -2.09. The molecule has 14 heavy (non-hydrogen) atoms. The highest BCUT2D eigenvalue weighted by atomic mass is 16.1. The second kappa shape index (κ2) is 3.42. The third-order valence-corrected chi connectivity index (χ3v) is 2.68. The fraction of sp³-hybridized carbons (Fsp3) is 0.556. The van der Waals surface area contributed by atoms with Crippen molar-refractivity contribution < 1.29 is 0 Å². The summed E-state index contributed by atoms with van der Waals surface area (Å²) in [6.07, 6.45) is 2.61. The van der Waals surface area contributed by atoms with E-state index in [0.717, 1.165) is 25.1 Å². The maximum atomic E-state index is 11.5. The first-order chi connectivity index (χ1) is 6.66. The summed E-state index contributed by atoms with van der Waals surface area (Å²) < 4.78 is 0. The highest BCUT2D eigenvalue weighted by Gasteiger charge is 2.23. The van der Waals surface area contributed by atoms with Crippen LogP contribution in [0.15, 0.2) is 11.0 Å². The average Bonchev–Trinajstić information content (AvgIpc) is 2.51. The number of nitrogens with zero attached hydrogens (tertiary/aromatic N) is 2. The van der Waals surface area contributed by atoms with Crippen molar-refractivity contribution in [1.29, 1.82) is 0 Å². The van der Waals surface area contributed by atoms with Gasteiger partial charge in [-0.05, 0) is 20.0 Å². The number of nitrogens with two attached hydrogens (primary N) is 1. The molecule has 1 fully saturated rings. The number of anilines is 1. The molecule has 2 rings (SSSR count). The highest BCUT2D eigenvalue weighted by Crippen LogP contribution is 2.22. The van der Waals surface area contributed by atoms with Gasteiger partial charge in [-0.25, -0.2) is 4.98 Å². The molecule has 1 aliphatic rings. The molecule has 3 N–H and O–H groups in total. The largest absolute Gasteiger partial charge is 0.369 e. The van der Waals surface area contributed by atoms with Gasteiger partial charge in [-0.2, -0.15) is 0 Å². The molecule has 5 nitrogen and oxygen atoms in total. The predicted molar refractivity (Wildman–Crippen MR) is 54.1 cm³/mol. The van der Waals surface area contributed by atoms with Crippen molar-refractivity contribution in [3.63, 3.8) is 0 Å². The Morgan fingerprint density at radius 1 is 1.71 bits per heavy atom. The molecule has 0 aromatic carbocycles. The highest BCUT2D eigenvalue weighted by molar-refractivity contribution is 5.21. The van der Waals surface area contributed by atoms with Crippen molar-refractivity contribution in [1.82, 2.24) is 14.9 Å². The second-order valence-corrected chi connectivity index (χ2v) is 3.80. The average molecular weight is 194 g/mol. The van der Waals surface area contributed by atoms with Crippen LogP contribution in [0.25, 0.3) is 0 Å². The molecule has 1 aromatic rings. The summed E-state index contributed by atoms with van der Waals surface area (Å²) in [5.74, 6) is 0.488. The van der Waals surface area contributed by atoms with E-state index in [4.69, 9.17) is 5.73 Å². The van der Waals surface area contributed by atoms with Gasteiger partial charge in [-0.15, -0.1) is 0 Å². The Balaban J connectivity index is 2.29. The molecule has 2 heterocycles. The quantitative estimate of drug-likeness (QED) is 0.647. The molecule has 0 aliphatic carbocycles. The number of likely N-dealkylation sites (N-methyl/N-ethyl adjacent to an activating group) is 1. The minimum atomic E-state index is -0.0993. The summed E-state index contributed by atoms with van der Waals surface area (Å²) in [7, 11) is 2.05. The van der Waals surface area contributed by atoms with E-state index < -0.39 is 0 Å². The summed E-state index contributed by atoms with van der Waals surface area (Å²) in [6.45, 7) is 1.96. The van der Waals surface area contributed by atoms with Gasteiger partial charge in [-0.1, -0.05) is 0 Å². The minimum Gasteiger partial charge on any atom is -0.369 e. The summed E-state index contributed by atoms with van der Waals surface area (Å²) >= 11 is 0. The molecular formula is C9H14N4O. The number of nitrogen functional groups attached to an aromatic ring is 1. The molecule has 0 amide bonds. The van der Waals surface area contributed by atoms with E-state index in [0.29, 0.717) is 5.92 Å². The summed E-state index contributed by atoms with van der Waals surface area (Å²) in [6, 6.07) is 0. The van der Waals surface area contributed by atoms with E-state index in [9.17, 15) is 4.79 Å². The van der Waals surface area contributed by atoms with Crippen LogP contribution in [0.5, 0.6) is 0 Å². The first kappa shape index (κ1) is 9.21. The topological polar surface area (TPSA) is 75.0 Å². The van der Waals surface area contributed by atoms with Crippen LogP contribution >= 0.6 is 0 Å². The lowest BCUT2D eigenvalue weighted by molar-refractivity contribution is 0.411. The normalized spacial score (nSPS) is 22.8. The molecule has 1 saturated heterocycles. The van der Waals surface area contributed by atoms with Crippen molar-refractivity contribution in [2.75, 3.05) is 25.9 Å². The Bertz CT molecular complexity index is 387. The monoisotopic (exact) mass is 194 g/mol. The number of aromatic amines is 1. The number of H-pyrrole nitrogens is 1. The predicted octanol–water partition coefficient (Wildman–Crippen LogP) is -0.229. The molecule has 1 atom stereocenters. The van der Waals surface area contributed by atoms with Crippen LogP contribution in [0.2, 0.25) is 0 Å². The van der Waals surface area contributed by atoms with Crippen LogP contribution in [-0.4, -0.2) is 35.0 Å². The molecule has 76 valence electrons. The molecular weight excluding hydrogens is 180 g/mol. The van der Waals surface area contributed by atoms with Crippen LogP contribution in [0.4, 0.5) is 5.95 Å². The zero-order chi connectivity index (χ0) is 10.1. The fourth-order valence-corrected chi connectivity index (χ4v) is 1.90. The molecule has 0 radical (unpaired) electrons. The van der Waals surface area contributed by atoms with Gasteiger partial charge in [0.1, 0.15) is 0 Å². The van der Waals surface area contributed by atoms with Crippen LogP contribution in [0, 0.1) is 0 Å². The van der Waals surface area contributed by atoms with Crippen molar-refractivity contribution in [2.24, 2.45) is 0 Å². The van der Waals surface area contributed by atoms with E-state index in [1.54, 1.807) is 6.20 Å². The third kappa shape index (κ3) is 1.63. The van der Waals surface area contributed by atoms with Gasteiger partial charge < -0.3 is 10.6 Å². The Hall–Kier alpha value is -1.36. The maximum Gasteiger partial charge on any atom is 0.255 e. The summed E-state index contributed by atoms with van der Waals surface area (Å²) in [5.41, 5.74) is 6.03. The number of hydrogen-bond donors (Lipinski definition) is 2. The Labute approximate surface area is 82.0 Å². The van der Waals surface area contributed by atoms with E-state index in [2.05, 4.69) is 21.9 Å². The third-order valence-electron chi connectivity index (χ3n) is 2.68. The van der Waals surface area contributed by atoms with Gasteiger partial charge in [0.2, 0.25) is 0 Å². The van der Waals surface area contributed by atoms with Gasteiger partial charge in [0, 0.05) is 24.2 Å². The lowest BCUT2D eigenvalue weighted by atomic mass is 10.0. The molecule has 5 heteroatoms. The lowest BCUT2D eigenvalue weighted by Crippen LogP contribution is -2.20. The van der Waals surface area contributed by atoms with Crippen LogP contribution in [-0.2, 0) is 0 Å². The number of nitrogens with one attached hydrogen (secondary N) is 1. The minimum absolute atomic E-state index is 0.0993. The molecule has 0 saturated carbocycles. The number of likely N-dealkylation sites (tertiary alicyclic amines) is 1. The van der Waals surface area contributed by atoms with E-state index in [1.807, 2.05) is 0 Å². The SMILES string of the molecule is CN1CCC(c2cnc(N)[nH]c2=O)C1. The van der Waals surface area contributed by atoms with Gasteiger partial charge in [0.15, 0.2) is 5.95 Å². The van der Waals surface area contributed by atoms with Crippen molar-refractivity contribution >= 4 is 5.95 Å². The number of hydrogen-bond acceptors (Lipinski definition) is 4. The van der Waals surface area contributed by atoms with E-state index in [1.165, 1.54) is 0 Å². The molecule has 1 aromatic heterocycles.